The zero-order valence-corrected chi connectivity index (χ0v) is 20.5. The first-order chi connectivity index (χ1) is 15.4. The number of hydrogen-bond acceptors (Lipinski definition) is 4. The molecule has 1 aliphatic carbocycles. The highest BCUT2D eigenvalue weighted by Gasteiger charge is 2.25. The summed E-state index contributed by atoms with van der Waals surface area (Å²) < 4.78 is 32.8. The van der Waals surface area contributed by atoms with Crippen molar-refractivity contribution in [1.29, 1.82) is 0 Å². The molecule has 0 spiro atoms. The van der Waals surface area contributed by atoms with E-state index in [1.54, 1.807) is 20.0 Å². The summed E-state index contributed by atoms with van der Waals surface area (Å²) in [6.45, 7) is 7.86. The van der Waals surface area contributed by atoms with Gasteiger partial charge in [-0.2, -0.15) is 13.9 Å². The van der Waals surface area contributed by atoms with Crippen molar-refractivity contribution in [2.45, 2.75) is 73.3 Å². The van der Waals surface area contributed by atoms with Gasteiger partial charge in [-0.25, -0.2) is 0 Å². The Morgan fingerprint density at radius 2 is 1.94 bits per heavy atom. The minimum absolute atomic E-state index is 0.0358. The topological polar surface area (TPSA) is 69.0 Å². The van der Waals surface area contributed by atoms with Gasteiger partial charge in [0.25, 0.3) is 5.91 Å². The molecule has 1 amide bonds. The van der Waals surface area contributed by atoms with Crippen LogP contribution in [0.3, 0.4) is 0 Å². The van der Waals surface area contributed by atoms with E-state index >= 15 is 0 Å². The largest absolute Gasteiger partial charge is 0.434 e. The Bertz CT molecular complexity index is 974. The van der Waals surface area contributed by atoms with E-state index in [0.29, 0.717) is 47.1 Å². The van der Waals surface area contributed by atoms with Gasteiger partial charge in [0.1, 0.15) is 5.75 Å². The van der Waals surface area contributed by atoms with E-state index in [9.17, 15) is 13.6 Å². The molecule has 1 saturated carbocycles. The molecule has 0 unspecified atom stereocenters. The maximum atomic E-state index is 13.2. The van der Waals surface area contributed by atoms with Crippen molar-refractivity contribution in [1.82, 2.24) is 20.1 Å². The van der Waals surface area contributed by atoms with E-state index < -0.39 is 6.61 Å². The quantitative estimate of drug-likeness (QED) is 0.587. The third-order valence-electron chi connectivity index (χ3n) is 6.29. The van der Waals surface area contributed by atoms with Gasteiger partial charge in [0.2, 0.25) is 0 Å². The van der Waals surface area contributed by atoms with Gasteiger partial charge in [-0.3, -0.25) is 14.5 Å². The molecule has 0 bridgehead atoms. The summed E-state index contributed by atoms with van der Waals surface area (Å²) in [5, 5.41) is 7.41. The number of alkyl halides is 2. The van der Waals surface area contributed by atoms with Gasteiger partial charge in [0.05, 0.1) is 11.3 Å². The molecule has 6 nitrogen and oxygen atoms in total. The minimum Gasteiger partial charge on any atom is -0.434 e. The van der Waals surface area contributed by atoms with E-state index in [4.69, 9.17) is 4.74 Å². The fourth-order valence-electron chi connectivity index (χ4n) is 4.56. The number of carbonyl (C=O) groups is 1. The lowest BCUT2D eigenvalue weighted by atomic mass is 9.83. The fraction of sp³-hybridized carbons (Fsp3) is 0.640. The number of hydrogen-bond donors (Lipinski definition) is 1. The number of aryl methyl sites for hydroxylation is 1. The van der Waals surface area contributed by atoms with Gasteiger partial charge in [0.15, 0.2) is 5.69 Å². The lowest BCUT2D eigenvalue weighted by molar-refractivity contribution is -0.0495. The van der Waals surface area contributed by atoms with E-state index in [-0.39, 0.29) is 17.1 Å². The number of rotatable bonds is 7. The van der Waals surface area contributed by atoms with E-state index in [1.165, 1.54) is 23.7 Å². The molecule has 0 saturated heterocycles. The van der Waals surface area contributed by atoms with Crippen LogP contribution in [0.4, 0.5) is 8.78 Å². The van der Waals surface area contributed by atoms with Crippen molar-refractivity contribution in [2.75, 3.05) is 6.54 Å². The Labute approximate surface area is 195 Å². The summed E-state index contributed by atoms with van der Waals surface area (Å²) in [4.78, 5) is 17.4. The predicted octanol–water partition coefficient (Wildman–Crippen LogP) is 5.54. The molecule has 1 N–H and O–H groups in total. The summed E-state index contributed by atoms with van der Waals surface area (Å²) >= 11 is 0. The van der Waals surface area contributed by atoms with Crippen molar-refractivity contribution in [3.8, 4) is 17.0 Å². The molecule has 2 heterocycles. The summed E-state index contributed by atoms with van der Waals surface area (Å²) in [7, 11) is 1.69. The predicted molar refractivity (Wildman–Crippen MR) is 124 cm³/mol. The molecule has 1 fully saturated rings. The molecule has 33 heavy (non-hydrogen) atoms. The normalized spacial score (nSPS) is 19.1. The van der Waals surface area contributed by atoms with Crippen LogP contribution in [0.5, 0.6) is 5.75 Å². The fourth-order valence-corrected chi connectivity index (χ4v) is 4.56. The number of ether oxygens (including phenoxy) is 1. The van der Waals surface area contributed by atoms with Crippen LogP contribution < -0.4 is 10.1 Å². The van der Waals surface area contributed by atoms with Gasteiger partial charge in [0, 0.05) is 37.1 Å². The van der Waals surface area contributed by atoms with Gasteiger partial charge in [-0.15, -0.1) is 0 Å². The number of nitrogens with one attached hydrogen (secondary N) is 1. The van der Waals surface area contributed by atoms with Gasteiger partial charge >= 0.3 is 6.61 Å². The molecule has 3 rings (SSSR count). The number of nitrogens with zero attached hydrogens (tertiary/aromatic N) is 3. The van der Waals surface area contributed by atoms with Gasteiger partial charge in [-0.05, 0) is 43.4 Å². The lowest BCUT2D eigenvalue weighted by Crippen LogP contribution is -2.31. The number of pyridine rings is 1. The highest BCUT2D eigenvalue weighted by atomic mass is 19.3. The second kappa shape index (κ2) is 10.2. The maximum absolute atomic E-state index is 13.2. The molecule has 2 aromatic rings. The molecule has 0 radical (unpaired) electrons. The highest BCUT2D eigenvalue weighted by Crippen LogP contribution is 2.35. The minimum atomic E-state index is -2.97. The average molecular weight is 463 g/mol. The van der Waals surface area contributed by atoms with E-state index in [2.05, 4.69) is 43.1 Å². The van der Waals surface area contributed by atoms with E-state index in [0.717, 1.165) is 18.8 Å². The standard InChI is InChI=1S/C25H36F2N4O2/c1-15-7-9-17(10-8-15)13-29-23(32)21-16(2)22(31(6)30-21)19-14-28-18(12-25(3,4)5)11-20(19)33-24(26)27/h11,14-15,17,24H,7-10,12-13H2,1-6H3,(H,29,32). The molecular weight excluding hydrogens is 426 g/mol. The Balaban J connectivity index is 1.85. The van der Waals surface area contributed by atoms with Crippen molar-refractivity contribution in [3.05, 3.63) is 29.2 Å². The van der Waals surface area contributed by atoms with Crippen LogP contribution in [0.2, 0.25) is 0 Å². The Morgan fingerprint density at radius 1 is 1.27 bits per heavy atom. The molecule has 1 aliphatic rings. The van der Waals surface area contributed by atoms with E-state index in [1.807, 2.05) is 0 Å². The summed E-state index contributed by atoms with van der Waals surface area (Å²) in [5.41, 5.74) is 2.44. The average Bonchev–Trinajstić information content (AvgIpc) is 3.00. The van der Waals surface area contributed by atoms with Crippen LogP contribution >= 0.6 is 0 Å². The number of amides is 1. The molecular formula is C25H36F2N4O2. The van der Waals surface area contributed by atoms with Crippen LogP contribution in [0, 0.1) is 24.2 Å². The summed E-state index contributed by atoms with van der Waals surface area (Å²) in [6, 6.07) is 1.56. The van der Waals surface area contributed by atoms with Crippen LogP contribution in [0.1, 0.15) is 75.1 Å². The second-order valence-corrected chi connectivity index (χ2v) is 10.6. The summed E-state index contributed by atoms with van der Waals surface area (Å²) in [6.07, 6.45) is 6.78. The lowest BCUT2D eigenvalue weighted by Gasteiger charge is -2.26. The number of carbonyl (C=O) groups excluding carboxylic acids is 1. The Hall–Kier alpha value is -2.51. The second-order valence-electron chi connectivity index (χ2n) is 10.6. The third-order valence-corrected chi connectivity index (χ3v) is 6.29. The molecule has 0 atom stereocenters. The molecule has 0 aliphatic heterocycles. The molecule has 8 heteroatoms. The van der Waals surface area contributed by atoms with Crippen molar-refractivity contribution in [2.24, 2.45) is 24.3 Å². The molecule has 2 aromatic heterocycles. The first-order valence-corrected chi connectivity index (χ1v) is 11.7. The SMILES string of the molecule is Cc1c(C(=O)NCC2CCC(C)CC2)nn(C)c1-c1cnc(CC(C)(C)C)cc1OC(F)F. The van der Waals surface area contributed by atoms with Crippen LogP contribution in [-0.2, 0) is 13.5 Å². The highest BCUT2D eigenvalue weighted by molar-refractivity contribution is 5.95. The van der Waals surface area contributed by atoms with Crippen molar-refractivity contribution < 1.29 is 18.3 Å². The maximum Gasteiger partial charge on any atom is 0.387 e. The summed E-state index contributed by atoms with van der Waals surface area (Å²) in [5.74, 6) is 1.03. The Kier molecular flexibility index (Phi) is 7.75. The monoisotopic (exact) mass is 462 g/mol. The van der Waals surface area contributed by atoms with Gasteiger partial charge in [-0.1, -0.05) is 40.5 Å². The van der Waals surface area contributed by atoms with Crippen LogP contribution in [-0.4, -0.2) is 33.8 Å². The van der Waals surface area contributed by atoms with Crippen LogP contribution in [0.25, 0.3) is 11.3 Å². The number of halogens is 2. The van der Waals surface area contributed by atoms with Crippen molar-refractivity contribution >= 4 is 5.91 Å². The molecule has 0 aromatic carbocycles. The van der Waals surface area contributed by atoms with Crippen molar-refractivity contribution in [3.63, 3.8) is 0 Å². The third kappa shape index (κ3) is 6.51. The van der Waals surface area contributed by atoms with Crippen LogP contribution in [0.15, 0.2) is 12.3 Å². The molecule has 182 valence electrons. The first-order valence-electron chi connectivity index (χ1n) is 11.7. The zero-order chi connectivity index (χ0) is 24.3. The number of aromatic nitrogens is 3. The smallest absolute Gasteiger partial charge is 0.387 e. The Morgan fingerprint density at radius 3 is 2.55 bits per heavy atom. The zero-order valence-electron chi connectivity index (χ0n) is 20.5. The van der Waals surface area contributed by atoms with Gasteiger partial charge < -0.3 is 10.1 Å². The first kappa shape index (κ1) is 25.1.